The smallest absolute Gasteiger partial charge is 0.313 e. The molecule has 0 atom stereocenters. The van der Waals surface area contributed by atoms with Gasteiger partial charge >= 0.3 is 5.56 Å². The quantitative estimate of drug-likeness (QED) is 0.836. The van der Waals surface area contributed by atoms with E-state index in [4.69, 9.17) is 16.3 Å². The summed E-state index contributed by atoms with van der Waals surface area (Å²) < 4.78 is 6.35. The van der Waals surface area contributed by atoms with Gasteiger partial charge in [0.1, 0.15) is 5.15 Å². The predicted molar refractivity (Wildman–Crippen MR) is 65.6 cm³/mol. The Morgan fingerprint density at radius 2 is 2.06 bits per heavy atom. The van der Waals surface area contributed by atoms with Gasteiger partial charge in [-0.15, -0.1) is 0 Å². The molecule has 1 heterocycles. The topological polar surface area (TPSA) is 44.1 Å². The van der Waals surface area contributed by atoms with E-state index in [-0.39, 0.29) is 16.6 Å². The van der Waals surface area contributed by atoms with Crippen LogP contribution in [0.1, 0.15) is 5.56 Å². The van der Waals surface area contributed by atoms with Gasteiger partial charge in [-0.1, -0.05) is 41.9 Å². The van der Waals surface area contributed by atoms with E-state index in [1.54, 1.807) is 0 Å². The summed E-state index contributed by atoms with van der Waals surface area (Å²) >= 11 is 5.82. The fraction of sp³-hybridized carbons (Fsp3) is 0.167. The van der Waals surface area contributed by atoms with Crippen LogP contribution in [0.2, 0.25) is 5.15 Å². The average Bonchev–Trinajstić information content (AvgIpc) is 2.34. The summed E-state index contributed by atoms with van der Waals surface area (Å²) in [5.74, 6) is 0.00781. The van der Waals surface area contributed by atoms with Crippen molar-refractivity contribution in [2.75, 3.05) is 7.11 Å². The van der Waals surface area contributed by atoms with Gasteiger partial charge in [-0.2, -0.15) is 4.98 Å². The molecule has 17 heavy (non-hydrogen) atoms. The number of hydrogen-bond donors (Lipinski definition) is 0. The number of halogens is 1. The summed E-state index contributed by atoms with van der Waals surface area (Å²) in [5.41, 5.74) is 0.722. The maximum absolute atomic E-state index is 11.9. The molecule has 0 spiro atoms. The molecule has 0 aliphatic rings. The molecule has 0 saturated heterocycles. The van der Waals surface area contributed by atoms with Gasteiger partial charge < -0.3 is 9.30 Å². The van der Waals surface area contributed by atoms with E-state index >= 15 is 0 Å². The van der Waals surface area contributed by atoms with Crippen molar-refractivity contribution in [2.45, 2.75) is 6.54 Å². The summed E-state index contributed by atoms with van der Waals surface area (Å²) in [6.07, 6.45) is 1.50. The number of hydrogen-bond acceptors (Lipinski definition) is 3. The SMILES string of the molecule is COc1nc(Cl)cn(Cc2ccccc2)c1=O. The van der Waals surface area contributed by atoms with E-state index in [1.165, 1.54) is 17.9 Å². The van der Waals surface area contributed by atoms with Crippen LogP contribution in [0, 0.1) is 0 Å². The molecular weight excluding hydrogens is 240 g/mol. The van der Waals surface area contributed by atoms with Gasteiger partial charge in [-0.25, -0.2) is 0 Å². The van der Waals surface area contributed by atoms with Crippen molar-refractivity contribution in [3.05, 3.63) is 57.6 Å². The minimum atomic E-state index is -0.291. The zero-order chi connectivity index (χ0) is 12.3. The Bertz CT molecular complexity index is 566. The number of ether oxygens (including phenoxy) is 1. The van der Waals surface area contributed by atoms with Crippen molar-refractivity contribution in [3.8, 4) is 5.88 Å². The molecule has 0 saturated carbocycles. The van der Waals surface area contributed by atoms with Crippen molar-refractivity contribution < 1.29 is 4.74 Å². The van der Waals surface area contributed by atoms with Crippen molar-refractivity contribution in [1.82, 2.24) is 9.55 Å². The molecule has 0 fully saturated rings. The highest BCUT2D eigenvalue weighted by molar-refractivity contribution is 6.29. The van der Waals surface area contributed by atoms with Crippen LogP contribution < -0.4 is 10.3 Å². The van der Waals surface area contributed by atoms with E-state index in [1.807, 2.05) is 30.3 Å². The second kappa shape index (κ2) is 5.01. The fourth-order valence-electron chi connectivity index (χ4n) is 1.51. The Morgan fingerprint density at radius 1 is 1.35 bits per heavy atom. The third-order valence-electron chi connectivity index (χ3n) is 2.30. The zero-order valence-electron chi connectivity index (χ0n) is 9.26. The Hall–Kier alpha value is -1.81. The van der Waals surface area contributed by atoms with Gasteiger partial charge in [0.15, 0.2) is 0 Å². The van der Waals surface area contributed by atoms with Crippen molar-refractivity contribution >= 4 is 11.6 Å². The van der Waals surface area contributed by atoms with Crippen LogP contribution in [0.3, 0.4) is 0 Å². The highest BCUT2D eigenvalue weighted by atomic mass is 35.5. The van der Waals surface area contributed by atoms with E-state index < -0.39 is 0 Å². The number of methoxy groups -OCH3 is 1. The molecule has 88 valence electrons. The van der Waals surface area contributed by atoms with Crippen molar-refractivity contribution in [3.63, 3.8) is 0 Å². The minimum absolute atomic E-state index is 0.00781. The number of nitrogens with zero attached hydrogens (tertiary/aromatic N) is 2. The summed E-state index contributed by atoms with van der Waals surface area (Å²) in [5, 5.41) is 0.234. The number of aromatic nitrogens is 2. The van der Waals surface area contributed by atoms with Crippen LogP contribution in [0.15, 0.2) is 41.3 Å². The average molecular weight is 251 g/mol. The highest BCUT2D eigenvalue weighted by Crippen LogP contribution is 2.08. The molecule has 0 bridgehead atoms. The molecule has 0 aliphatic carbocycles. The zero-order valence-corrected chi connectivity index (χ0v) is 10.0. The first-order valence-corrected chi connectivity index (χ1v) is 5.43. The minimum Gasteiger partial charge on any atom is -0.477 e. The number of rotatable bonds is 3. The molecule has 0 N–H and O–H groups in total. The number of benzene rings is 1. The molecule has 0 unspecified atom stereocenters. The van der Waals surface area contributed by atoms with Gasteiger partial charge in [0.05, 0.1) is 13.7 Å². The Morgan fingerprint density at radius 3 is 2.71 bits per heavy atom. The van der Waals surface area contributed by atoms with Gasteiger partial charge in [-0.05, 0) is 5.56 Å². The molecule has 5 heteroatoms. The van der Waals surface area contributed by atoms with E-state index in [2.05, 4.69) is 4.98 Å². The van der Waals surface area contributed by atoms with Crippen LogP contribution >= 0.6 is 11.6 Å². The van der Waals surface area contributed by atoms with Crippen LogP contribution in [-0.2, 0) is 6.54 Å². The second-order valence-corrected chi connectivity index (χ2v) is 3.88. The van der Waals surface area contributed by atoms with Gasteiger partial charge in [0.25, 0.3) is 5.88 Å². The standard InChI is InChI=1S/C12H11ClN2O2/c1-17-11-12(16)15(8-10(13)14-11)7-9-5-3-2-4-6-9/h2-6,8H,7H2,1H3. The maximum Gasteiger partial charge on any atom is 0.313 e. The molecule has 1 aromatic carbocycles. The summed E-state index contributed by atoms with van der Waals surface area (Å²) in [6.45, 7) is 0.443. The summed E-state index contributed by atoms with van der Waals surface area (Å²) in [6, 6.07) is 9.63. The Balaban J connectivity index is 2.40. The molecule has 0 aliphatic heterocycles. The molecule has 0 radical (unpaired) electrons. The lowest BCUT2D eigenvalue weighted by Gasteiger charge is -2.07. The Labute approximate surface area is 103 Å². The third-order valence-corrected chi connectivity index (χ3v) is 2.49. The monoisotopic (exact) mass is 250 g/mol. The van der Waals surface area contributed by atoms with Crippen LogP contribution in [-0.4, -0.2) is 16.7 Å². The normalized spacial score (nSPS) is 10.2. The third kappa shape index (κ3) is 2.65. The molecule has 0 amide bonds. The molecular formula is C12H11ClN2O2. The maximum atomic E-state index is 11.9. The van der Waals surface area contributed by atoms with E-state index in [9.17, 15) is 4.79 Å². The van der Waals surface area contributed by atoms with Crippen LogP contribution in [0.5, 0.6) is 5.88 Å². The Kier molecular flexibility index (Phi) is 3.44. The van der Waals surface area contributed by atoms with Gasteiger partial charge in [0, 0.05) is 6.20 Å². The molecule has 2 aromatic rings. The lowest BCUT2D eigenvalue weighted by Crippen LogP contribution is -2.22. The van der Waals surface area contributed by atoms with Crippen molar-refractivity contribution in [2.24, 2.45) is 0 Å². The molecule has 1 aromatic heterocycles. The first kappa shape index (κ1) is 11.7. The second-order valence-electron chi connectivity index (χ2n) is 3.49. The summed E-state index contributed by atoms with van der Waals surface area (Å²) in [4.78, 5) is 15.7. The molecule has 2 rings (SSSR count). The van der Waals surface area contributed by atoms with Crippen molar-refractivity contribution in [1.29, 1.82) is 0 Å². The van der Waals surface area contributed by atoms with Crippen LogP contribution in [0.4, 0.5) is 0 Å². The first-order chi connectivity index (χ1) is 8.20. The highest BCUT2D eigenvalue weighted by Gasteiger charge is 2.07. The summed E-state index contributed by atoms with van der Waals surface area (Å²) in [7, 11) is 1.40. The fourth-order valence-corrected chi connectivity index (χ4v) is 1.71. The lowest BCUT2D eigenvalue weighted by atomic mass is 10.2. The largest absolute Gasteiger partial charge is 0.477 e. The first-order valence-electron chi connectivity index (χ1n) is 5.05. The van der Waals surface area contributed by atoms with Gasteiger partial charge in [0.2, 0.25) is 0 Å². The van der Waals surface area contributed by atoms with Crippen LogP contribution in [0.25, 0.3) is 0 Å². The van der Waals surface area contributed by atoms with E-state index in [0.717, 1.165) is 5.56 Å². The van der Waals surface area contributed by atoms with Gasteiger partial charge in [-0.3, -0.25) is 4.79 Å². The lowest BCUT2D eigenvalue weighted by molar-refractivity contribution is 0.385. The van der Waals surface area contributed by atoms with E-state index in [0.29, 0.717) is 6.54 Å². The predicted octanol–water partition coefficient (Wildman–Crippen LogP) is 1.95. The molecule has 4 nitrogen and oxygen atoms in total.